The van der Waals surface area contributed by atoms with E-state index < -0.39 is 0 Å². The third-order valence-electron chi connectivity index (χ3n) is 3.42. The zero-order valence-corrected chi connectivity index (χ0v) is 12.8. The van der Waals surface area contributed by atoms with Crippen LogP contribution in [0.1, 0.15) is 43.0 Å². The molecule has 0 aromatic heterocycles. The van der Waals surface area contributed by atoms with Gasteiger partial charge in [0.25, 0.3) is 5.91 Å². The Morgan fingerprint density at radius 2 is 1.89 bits per heavy atom. The van der Waals surface area contributed by atoms with Gasteiger partial charge in [-0.05, 0) is 56.9 Å². The summed E-state index contributed by atoms with van der Waals surface area (Å²) in [5.74, 6) is 0.819. The van der Waals surface area contributed by atoms with Gasteiger partial charge < -0.3 is 10.1 Å². The smallest absolute Gasteiger partial charge is 0.251 e. The molecular formula is C15H20BrNO2. The molecule has 0 aliphatic heterocycles. The molecule has 3 nitrogen and oxygen atoms in total. The van der Waals surface area contributed by atoms with Gasteiger partial charge in [-0.3, -0.25) is 4.79 Å². The average molecular weight is 326 g/mol. The summed E-state index contributed by atoms with van der Waals surface area (Å²) >= 11 is 3.62. The van der Waals surface area contributed by atoms with Crippen LogP contribution in [0.4, 0.5) is 0 Å². The molecule has 2 rings (SSSR count). The van der Waals surface area contributed by atoms with Crippen molar-refractivity contribution >= 4 is 21.8 Å². The standard InChI is InChI=1S/C15H20BrNO2/c1-2-19-14-9-3-11(4-10-14)15(18)17-13-7-5-12(16)6-8-13/h3-4,9-10,12-13H,2,5-8H2,1H3,(H,17,18). The number of alkyl halides is 1. The Morgan fingerprint density at radius 1 is 1.26 bits per heavy atom. The highest BCUT2D eigenvalue weighted by Gasteiger charge is 2.20. The molecule has 1 aromatic carbocycles. The van der Waals surface area contributed by atoms with E-state index >= 15 is 0 Å². The van der Waals surface area contributed by atoms with Crippen molar-refractivity contribution in [2.24, 2.45) is 0 Å². The van der Waals surface area contributed by atoms with Gasteiger partial charge >= 0.3 is 0 Å². The summed E-state index contributed by atoms with van der Waals surface area (Å²) in [5.41, 5.74) is 0.699. The van der Waals surface area contributed by atoms with E-state index in [-0.39, 0.29) is 5.91 Å². The third kappa shape index (κ3) is 4.23. The van der Waals surface area contributed by atoms with E-state index in [0.717, 1.165) is 31.4 Å². The van der Waals surface area contributed by atoms with Gasteiger partial charge in [0.2, 0.25) is 0 Å². The van der Waals surface area contributed by atoms with Gasteiger partial charge in [-0.25, -0.2) is 0 Å². The Balaban J connectivity index is 1.88. The fraction of sp³-hybridized carbons (Fsp3) is 0.533. The number of benzene rings is 1. The predicted molar refractivity (Wildman–Crippen MR) is 80.0 cm³/mol. The van der Waals surface area contributed by atoms with E-state index in [9.17, 15) is 4.79 Å². The molecule has 0 atom stereocenters. The first-order chi connectivity index (χ1) is 9.19. The normalized spacial score (nSPS) is 22.8. The fourth-order valence-electron chi connectivity index (χ4n) is 2.34. The summed E-state index contributed by atoms with van der Waals surface area (Å²) in [5, 5.41) is 3.11. The molecule has 104 valence electrons. The first kappa shape index (κ1) is 14.4. The highest BCUT2D eigenvalue weighted by Crippen LogP contribution is 2.24. The second-order valence-corrected chi connectivity index (χ2v) is 6.17. The van der Waals surface area contributed by atoms with E-state index in [1.807, 2.05) is 31.2 Å². The van der Waals surface area contributed by atoms with Crippen molar-refractivity contribution in [2.75, 3.05) is 6.61 Å². The highest BCUT2D eigenvalue weighted by molar-refractivity contribution is 9.09. The lowest BCUT2D eigenvalue weighted by Crippen LogP contribution is -2.37. The molecule has 1 aliphatic rings. The van der Waals surface area contributed by atoms with Gasteiger partial charge in [0.1, 0.15) is 5.75 Å². The number of hydrogen-bond acceptors (Lipinski definition) is 2. The van der Waals surface area contributed by atoms with E-state index in [0.29, 0.717) is 23.0 Å². The number of nitrogens with one attached hydrogen (secondary N) is 1. The minimum absolute atomic E-state index is 0.0149. The first-order valence-corrected chi connectivity index (χ1v) is 7.78. The molecule has 1 fully saturated rings. The number of halogens is 1. The van der Waals surface area contributed by atoms with Crippen molar-refractivity contribution in [3.05, 3.63) is 29.8 Å². The summed E-state index contributed by atoms with van der Waals surface area (Å²) in [6, 6.07) is 7.63. The van der Waals surface area contributed by atoms with Crippen LogP contribution in [0.2, 0.25) is 0 Å². The lowest BCUT2D eigenvalue weighted by atomic mass is 9.95. The average Bonchev–Trinajstić information content (AvgIpc) is 2.42. The molecule has 1 aromatic rings. The van der Waals surface area contributed by atoms with Crippen molar-refractivity contribution in [3.63, 3.8) is 0 Å². The Kier molecular flexibility index (Phi) is 5.25. The van der Waals surface area contributed by atoms with Crippen LogP contribution in [-0.4, -0.2) is 23.4 Å². The minimum atomic E-state index is 0.0149. The van der Waals surface area contributed by atoms with Crippen LogP contribution in [-0.2, 0) is 0 Å². The molecular weight excluding hydrogens is 306 g/mol. The third-order valence-corrected chi connectivity index (χ3v) is 4.34. The van der Waals surface area contributed by atoms with Crippen LogP contribution in [0.15, 0.2) is 24.3 Å². The lowest BCUT2D eigenvalue weighted by molar-refractivity contribution is 0.0928. The number of rotatable bonds is 4. The molecule has 0 saturated heterocycles. The topological polar surface area (TPSA) is 38.3 Å². The van der Waals surface area contributed by atoms with E-state index in [4.69, 9.17) is 4.74 Å². The van der Waals surface area contributed by atoms with Crippen molar-refractivity contribution in [1.82, 2.24) is 5.32 Å². The predicted octanol–water partition coefficient (Wildman–Crippen LogP) is 3.52. The van der Waals surface area contributed by atoms with Crippen LogP contribution in [0.5, 0.6) is 5.75 Å². The van der Waals surface area contributed by atoms with Crippen molar-refractivity contribution < 1.29 is 9.53 Å². The molecule has 0 bridgehead atoms. The van der Waals surface area contributed by atoms with Crippen molar-refractivity contribution in [1.29, 1.82) is 0 Å². The number of hydrogen-bond donors (Lipinski definition) is 1. The lowest BCUT2D eigenvalue weighted by Gasteiger charge is -2.26. The summed E-state index contributed by atoms with van der Waals surface area (Å²) < 4.78 is 5.37. The van der Waals surface area contributed by atoms with E-state index in [1.54, 1.807) is 0 Å². The molecule has 0 radical (unpaired) electrons. The largest absolute Gasteiger partial charge is 0.494 e. The Labute approximate surface area is 122 Å². The molecule has 1 saturated carbocycles. The van der Waals surface area contributed by atoms with Gasteiger partial charge in [0.05, 0.1) is 6.61 Å². The highest BCUT2D eigenvalue weighted by atomic mass is 79.9. The van der Waals surface area contributed by atoms with Gasteiger partial charge in [0.15, 0.2) is 0 Å². The molecule has 1 N–H and O–H groups in total. The van der Waals surface area contributed by atoms with Crippen LogP contribution in [0, 0.1) is 0 Å². The Morgan fingerprint density at radius 3 is 2.47 bits per heavy atom. The quantitative estimate of drug-likeness (QED) is 0.860. The molecule has 4 heteroatoms. The minimum Gasteiger partial charge on any atom is -0.494 e. The second kappa shape index (κ2) is 6.94. The SMILES string of the molecule is CCOc1ccc(C(=O)NC2CCC(Br)CC2)cc1. The summed E-state index contributed by atoms with van der Waals surface area (Å²) in [4.78, 5) is 12.7. The maximum atomic E-state index is 12.1. The maximum absolute atomic E-state index is 12.1. The zero-order valence-electron chi connectivity index (χ0n) is 11.2. The van der Waals surface area contributed by atoms with Crippen LogP contribution in [0.25, 0.3) is 0 Å². The second-order valence-electron chi connectivity index (χ2n) is 4.88. The van der Waals surface area contributed by atoms with Crippen molar-refractivity contribution in [3.8, 4) is 5.75 Å². The Bertz CT molecular complexity index is 411. The summed E-state index contributed by atoms with van der Waals surface area (Å²) in [6.45, 7) is 2.59. The van der Waals surface area contributed by atoms with Gasteiger partial charge in [-0.1, -0.05) is 15.9 Å². The molecule has 1 amide bonds. The number of carbonyl (C=O) groups is 1. The summed E-state index contributed by atoms with van der Waals surface area (Å²) in [6.07, 6.45) is 4.37. The monoisotopic (exact) mass is 325 g/mol. The molecule has 0 heterocycles. The van der Waals surface area contributed by atoms with Gasteiger partial charge in [0, 0.05) is 16.4 Å². The number of carbonyl (C=O) groups excluding carboxylic acids is 1. The van der Waals surface area contributed by atoms with Gasteiger partial charge in [-0.2, -0.15) is 0 Å². The van der Waals surface area contributed by atoms with Crippen LogP contribution in [0.3, 0.4) is 0 Å². The fourth-order valence-corrected chi connectivity index (χ4v) is 2.86. The van der Waals surface area contributed by atoms with Crippen LogP contribution < -0.4 is 10.1 Å². The van der Waals surface area contributed by atoms with Gasteiger partial charge in [-0.15, -0.1) is 0 Å². The Hall–Kier alpha value is -1.03. The van der Waals surface area contributed by atoms with E-state index in [1.165, 1.54) is 0 Å². The number of ether oxygens (including phenoxy) is 1. The molecule has 0 unspecified atom stereocenters. The number of amides is 1. The van der Waals surface area contributed by atoms with Crippen molar-refractivity contribution in [2.45, 2.75) is 43.5 Å². The summed E-state index contributed by atoms with van der Waals surface area (Å²) in [7, 11) is 0. The zero-order chi connectivity index (χ0) is 13.7. The first-order valence-electron chi connectivity index (χ1n) is 6.87. The molecule has 0 spiro atoms. The molecule has 19 heavy (non-hydrogen) atoms. The molecule has 1 aliphatic carbocycles. The maximum Gasteiger partial charge on any atom is 0.251 e. The van der Waals surface area contributed by atoms with Crippen LogP contribution >= 0.6 is 15.9 Å². The van der Waals surface area contributed by atoms with E-state index in [2.05, 4.69) is 21.2 Å².